The van der Waals surface area contributed by atoms with Crippen LogP contribution in [-0.2, 0) is 11.2 Å². The van der Waals surface area contributed by atoms with Gasteiger partial charge in [0.25, 0.3) is 5.91 Å². The summed E-state index contributed by atoms with van der Waals surface area (Å²) in [5.74, 6) is -2.14. The lowest BCUT2D eigenvalue weighted by Gasteiger charge is -2.14. The van der Waals surface area contributed by atoms with E-state index in [0.29, 0.717) is 30.6 Å². The molecule has 2 rings (SSSR count). The molecule has 2 heterocycles. The van der Waals surface area contributed by atoms with Gasteiger partial charge in [-0.15, -0.1) is 0 Å². The Bertz CT molecular complexity index is 711. The molecule has 0 aliphatic carbocycles. The van der Waals surface area contributed by atoms with Crippen molar-refractivity contribution in [2.75, 3.05) is 0 Å². The Morgan fingerprint density at radius 1 is 1.41 bits per heavy atom. The van der Waals surface area contributed by atoms with Gasteiger partial charge in [0.05, 0.1) is 5.69 Å². The molecule has 0 radical (unpaired) electrons. The third kappa shape index (κ3) is 3.08. The van der Waals surface area contributed by atoms with Crippen LogP contribution in [0.25, 0.3) is 5.65 Å². The number of aliphatic carboxylic acids is 1. The highest BCUT2D eigenvalue weighted by atomic mass is 19.1. The van der Waals surface area contributed by atoms with Gasteiger partial charge < -0.3 is 10.4 Å². The first-order chi connectivity index (χ1) is 10.5. The number of carbonyl (C=O) groups is 2. The average molecular weight is 307 g/mol. The fraction of sp³-hybridized carbons (Fsp3) is 0.400. The molecule has 118 valence electrons. The van der Waals surface area contributed by atoms with Crippen LogP contribution < -0.4 is 5.32 Å². The molecule has 0 bridgehead atoms. The number of nitrogens with one attached hydrogen (secondary N) is 1. The highest BCUT2D eigenvalue weighted by molar-refractivity contribution is 5.97. The predicted molar refractivity (Wildman–Crippen MR) is 78.3 cm³/mol. The Morgan fingerprint density at radius 2 is 2.14 bits per heavy atom. The van der Waals surface area contributed by atoms with Crippen LogP contribution in [0.1, 0.15) is 42.9 Å². The average Bonchev–Trinajstić information content (AvgIpc) is 2.84. The highest BCUT2D eigenvalue weighted by Gasteiger charge is 2.24. The molecule has 22 heavy (non-hydrogen) atoms. The third-order valence-corrected chi connectivity index (χ3v) is 3.39. The number of carboxylic acids is 1. The number of carboxylic acid groups (broad SMARTS) is 1. The fourth-order valence-corrected chi connectivity index (χ4v) is 2.33. The normalized spacial score (nSPS) is 12.3. The zero-order valence-electron chi connectivity index (χ0n) is 12.5. The van der Waals surface area contributed by atoms with Crippen LogP contribution in [0.3, 0.4) is 0 Å². The number of aryl methyl sites for hydroxylation is 1. The van der Waals surface area contributed by atoms with Gasteiger partial charge in [-0.25, -0.2) is 14.2 Å². The molecule has 0 fully saturated rings. The SMILES string of the molecule is CCCC(NC(=O)c1c(CC)nc2ccc(F)cn12)C(=O)O. The Hall–Kier alpha value is -2.44. The van der Waals surface area contributed by atoms with Gasteiger partial charge in [0.15, 0.2) is 0 Å². The number of carbonyl (C=O) groups excluding carboxylic acids is 1. The fourth-order valence-electron chi connectivity index (χ4n) is 2.33. The van der Waals surface area contributed by atoms with Crippen molar-refractivity contribution in [1.29, 1.82) is 0 Å². The molecule has 7 heteroatoms. The zero-order chi connectivity index (χ0) is 16.3. The van der Waals surface area contributed by atoms with E-state index in [4.69, 9.17) is 5.11 Å². The first-order valence-corrected chi connectivity index (χ1v) is 7.18. The van der Waals surface area contributed by atoms with Crippen LogP contribution >= 0.6 is 0 Å². The maximum absolute atomic E-state index is 13.4. The van der Waals surface area contributed by atoms with Crippen molar-refractivity contribution in [1.82, 2.24) is 14.7 Å². The number of nitrogens with zero attached hydrogens (tertiary/aromatic N) is 2. The minimum Gasteiger partial charge on any atom is -0.480 e. The molecule has 2 N–H and O–H groups in total. The number of amides is 1. The number of pyridine rings is 1. The van der Waals surface area contributed by atoms with Crippen LogP contribution in [0.2, 0.25) is 0 Å². The number of rotatable bonds is 6. The molecule has 0 spiro atoms. The number of fused-ring (bicyclic) bond motifs is 1. The molecule has 2 aromatic rings. The first kappa shape index (κ1) is 15.9. The van der Waals surface area contributed by atoms with E-state index < -0.39 is 23.7 Å². The maximum Gasteiger partial charge on any atom is 0.326 e. The molecule has 0 saturated heterocycles. The summed E-state index contributed by atoms with van der Waals surface area (Å²) < 4.78 is 14.8. The molecule has 0 saturated carbocycles. The van der Waals surface area contributed by atoms with Crippen molar-refractivity contribution in [2.24, 2.45) is 0 Å². The second-order valence-electron chi connectivity index (χ2n) is 4.99. The van der Waals surface area contributed by atoms with Crippen molar-refractivity contribution < 1.29 is 19.1 Å². The van der Waals surface area contributed by atoms with Gasteiger partial charge in [-0.1, -0.05) is 20.3 Å². The van der Waals surface area contributed by atoms with E-state index in [-0.39, 0.29) is 5.69 Å². The van der Waals surface area contributed by atoms with Crippen LogP contribution in [0.4, 0.5) is 4.39 Å². The number of aromatic nitrogens is 2. The summed E-state index contributed by atoms with van der Waals surface area (Å²) in [6.07, 6.45) is 2.61. The highest BCUT2D eigenvalue weighted by Crippen LogP contribution is 2.15. The molecular formula is C15H18FN3O3. The lowest BCUT2D eigenvalue weighted by molar-refractivity contribution is -0.139. The van der Waals surface area contributed by atoms with Crippen molar-refractivity contribution in [3.05, 3.63) is 35.5 Å². The van der Waals surface area contributed by atoms with Crippen LogP contribution in [0, 0.1) is 5.82 Å². The van der Waals surface area contributed by atoms with Crippen molar-refractivity contribution in [3.63, 3.8) is 0 Å². The van der Waals surface area contributed by atoms with E-state index in [9.17, 15) is 14.0 Å². The van der Waals surface area contributed by atoms with E-state index in [0.717, 1.165) is 0 Å². The van der Waals surface area contributed by atoms with E-state index in [1.54, 1.807) is 0 Å². The molecule has 0 aromatic carbocycles. The van der Waals surface area contributed by atoms with Crippen LogP contribution in [0.5, 0.6) is 0 Å². The Kier molecular flexibility index (Phi) is 4.75. The van der Waals surface area contributed by atoms with Gasteiger partial charge in [-0.3, -0.25) is 9.20 Å². The van der Waals surface area contributed by atoms with Gasteiger partial charge >= 0.3 is 5.97 Å². The quantitative estimate of drug-likeness (QED) is 0.855. The summed E-state index contributed by atoms with van der Waals surface area (Å²) in [6.45, 7) is 3.67. The van der Waals surface area contributed by atoms with Crippen LogP contribution in [0.15, 0.2) is 18.3 Å². The predicted octanol–water partition coefficient (Wildman–Crippen LogP) is 2.02. The van der Waals surface area contributed by atoms with Crippen molar-refractivity contribution in [3.8, 4) is 0 Å². The van der Waals surface area contributed by atoms with Gasteiger partial charge in [-0.05, 0) is 25.0 Å². The smallest absolute Gasteiger partial charge is 0.326 e. The maximum atomic E-state index is 13.4. The second-order valence-corrected chi connectivity index (χ2v) is 4.99. The van der Waals surface area contributed by atoms with Crippen molar-refractivity contribution >= 4 is 17.5 Å². The molecule has 1 atom stereocenters. The van der Waals surface area contributed by atoms with E-state index in [2.05, 4.69) is 10.3 Å². The minimum absolute atomic E-state index is 0.180. The summed E-state index contributed by atoms with van der Waals surface area (Å²) in [4.78, 5) is 27.9. The molecule has 1 amide bonds. The van der Waals surface area contributed by atoms with E-state index in [1.165, 1.54) is 22.7 Å². The number of imidazole rings is 1. The topological polar surface area (TPSA) is 83.7 Å². The molecule has 6 nitrogen and oxygen atoms in total. The first-order valence-electron chi connectivity index (χ1n) is 7.18. The monoisotopic (exact) mass is 307 g/mol. The van der Waals surface area contributed by atoms with Gasteiger partial charge in [0, 0.05) is 6.20 Å². The molecule has 0 aliphatic heterocycles. The Morgan fingerprint density at radius 3 is 2.73 bits per heavy atom. The zero-order valence-corrected chi connectivity index (χ0v) is 12.5. The lowest BCUT2D eigenvalue weighted by Crippen LogP contribution is -2.41. The summed E-state index contributed by atoms with van der Waals surface area (Å²) in [5.41, 5.74) is 1.13. The number of halogens is 1. The van der Waals surface area contributed by atoms with Crippen molar-refractivity contribution in [2.45, 2.75) is 39.2 Å². The second kappa shape index (κ2) is 6.55. The van der Waals surface area contributed by atoms with Gasteiger partial charge in [-0.2, -0.15) is 0 Å². The van der Waals surface area contributed by atoms with Gasteiger partial charge in [0.1, 0.15) is 23.2 Å². The summed E-state index contributed by atoms with van der Waals surface area (Å²) in [6, 6.07) is 1.77. The van der Waals surface area contributed by atoms with Gasteiger partial charge in [0.2, 0.25) is 0 Å². The third-order valence-electron chi connectivity index (χ3n) is 3.39. The minimum atomic E-state index is -1.09. The lowest BCUT2D eigenvalue weighted by atomic mass is 10.1. The largest absolute Gasteiger partial charge is 0.480 e. The summed E-state index contributed by atoms with van der Waals surface area (Å²) >= 11 is 0. The summed E-state index contributed by atoms with van der Waals surface area (Å²) in [5, 5.41) is 11.6. The standard InChI is InChI=1S/C15H18FN3O3/c1-3-5-11(15(21)22)18-14(20)13-10(4-2)17-12-7-6-9(16)8-19(12)13/h6-8,11H,3-5H2,1-2H3,(H,18,20)(H,21,22). The van der Waals surface area contributed by atoms with E-state index in [1.807, 2.05) is 13.8 Å². The summed E-state index contributed by atoms with van der Waals surface area (Å²) in [7, 11) is 0. The number of hydrogen-bond acceptors (Lipinski definition) is 3. The number of hydrogen-bond donors (Lipinski definition) is 2. The molecular weight excluding hydrogens is 289 g/mol. The van der Waals surface area contributed by atoms with E-state index >= 15 is 0 Å². The molecule has 1 unspecified atom stereocenters. The van der Waals surface area contributed by atoms with Crippen LogP contribution in [-0.4, -0.2) is 32.4 Å². The molecule has 0 aliphatic rings. The Balaban J connectivity index is 2.41. The molecule has 2 aromatic heterocycles. The Labute approximate surface area is 127 Å².